The lowest BCUT2D eigenvalue weighted by atomic mass is 9.95. The number of halogens is 1. The SMILES string of the molecule is CCCn1ccnc1C(C)(O)c1cccc(Br)c1. The van der Waals surface area contributed by atoms with Gasteiger partial charge in [-0.3, -0.25) is 0 Å². The summed E-state index contributed by atoms with van der Waals surface area (Å²) in [6, 6.07) is 7.69. The van der Waals surface area contributed by atoms with E-state index in [1.54, 1.807) is 13.1 Å². The molecule has 1 unspecified atom stereocenters. The molecule has 0 bridgehead atoms. The van der Waals surface area contributed by atoms with Crippen LogP contribution in [-0.2, 0) is 12.1 Å². The summed E-state index contributed by atoms with van der Waals surface area (Å²) in [5.41, 5.74) is -0.247. The van der Waals surface area contributed by atoms with E-state index in [-0.39, 0.29) is 0 Å². The summed E-state index contributed by atoms with van der Waals surface area (Å²) >= 11 is 3.43. The first-order valence-corrected chi connectivity index (χ1v) is 6.85. The van der Waals surface area contributed by atoms with E-state index < -0.39 is 5.60 Å². The fourth-order valence-corrected chi connectivity index (χ4v) is 2.48. The molecule has 2 rings (SSSR count). The number of aliphatic hydroxyl groups is 1. The van der Waals surface area contributed by atoms with Gasteiger partial charge in [-0.15, -0.1) is 0 Å². The van der Waals surface area contributed by atoms with Crippen LogP contribution in [0.25, 0.3) is 0 Å². The Labute approximate surface area is 116 Å². The van der Waals surface area contributed by atoms with Gasteiger partial charge in [-0.05, 0) is 31.0 Å². The van der Waals surface area contributed by atoms with Crippen LogP contribution >= 0.6 is 15.9 Å². The maximum atomic E-state index is 10.8. The molecule has 2 aromatic rings. The first kappa shape index (κ1) is 13.3. The van der Waals surface area contributed by atoms with E-state index in [1.807, 2.05) is 35.0 Å². The van der Waals surface area contributed by atoms with E-state index in [0.717, 1.165) is 23.0 Å². The van der Waals surface area contributed by atoms with Gasteiger partial charge in [-0.1, -0.05) is 35.0 Å². The van der Waals surface area contributed by atoms with Gasteiger partial charge in [0.15, 0.2) is 0 Å². The highest BCUT2D eigenvalue weighted by molar-refractivity contribution is 9.10. The van der Waals surface area contributed by atoms with Crippen molar-refractivity contribution in [1.82, 2.24) is 9.55 Å². The molecule has 0 aliphatic rings. The van der Waals surface area contributed by atoms with E-state index in [0.29, 0.717) is 5.82 Å². The summed E-state index contributed by atoms with van der Waals surface area (Å²) in [4.78, 5) is 4.31. The predicted octanol–water partition coefficient (Wildman–Crippen LogP) is 3.31. The zero-order valence-corrected chi connectivity index (χ0v) is 12.2. The molecule has 0 aliphatic heterocycles. The molecular formula is C14H17BrN2O. The van der Waals surface area contributed by atoms with Gasteiger partial charge < -0.3 is 9.67 Å². The third-order valence-electron chi connectivity index (χ3n) is 3.00. The minimum absolute atomic E-state index is 0.683. The second-order valence-electron chi connectivity index (χ2n) is 4.53. The van der Waals surface area contributed by atoms with Crippen molar-refractivity contribution in [3.05, 3.63) is 52.5 Å². The number of hydrogen-bond acceptors (Lipinski definition) is 2. The zero-order chi connectivity index (χ0) is 13.2. The lowest BCUT2D eigenvalue weighted by molar-refractivity contribution is 0.0878. The molecule has 1 aromatic carbocycles. The summed E-state index contributed by atoms with van der Waals surface area (Å²) in [6.07, 6.45) is 4.65. The van der Waals surface area contributed by atoms with Gasteiger partial charge in [0.1, 0.15) is 11.4 Å². The minimum Gasteiger partial charge on any atom is -0.377 e. The van der Waals surface area contributed by atoms with E-state index in [1.165, 1.54) is 0 Å². The van der Waals surface area contributed by atoms with Crippen molar-refractivity contribution in [2.45, 2.75) is 32.4 Å². The van der Waals surface area contributed by atoms with Crippen LogP contribution in [0.3, 0.4) is 0 Å². The molecule has 0 radical (unpaired) electrons. The highest BCUT2D eigenvalue weighted by atomic mass is 79.9. The van der Waals surface area contributed by atoms with E-state index in [9.17, 15) is 5.11 Å². The van der Waals surface area contributed by atoms with Gasteiger partial charge >= 0.3 is 0 Å². The molecule has 1 N–H and O–H groups in total. The summed E-state index contributed by atoms with van der Waals surface area (Å²) in [5.74, 6) is 0.683. The molecule has 4 heteroatoms. The fourth-order valence-electron chi connectivity index (χ4n) is 2.08. The van der Waals surface area contributed by atoms with Crippen LogP contribution in [0.5, 0.6) is 0 Å². The Bertz CT molecular complexity index is 534. The van der Waals surface area contributed by atoms with Crippen molar-refractivity contribution in [2.24, 2.45) is 0 Å². The minimum atomic E-state index is -1.08. The van der Waals surface area contributed by atoms with Crippen LogP contribution in [0.2, 0.25) is 0 Å². The molecule has 0 saturated heterocycles. The smallest absolute Gasteiger partial charge is 0.145 e. The summed E-state index contributed by atoms with van der Waals surface area (Å²) in [5, 5.41) is 10.8. The molecule has 0 amide bonds. The first-order valence-electron chi connectivity index (χ1n) is 6.05. The van der Waals surface area contributed by atoms with Gasteiger partial charge in [0.05, 0.1) is 0 Å². The second kappa shape index (κ2) is 5.24. The third kappa shape index (κ3) is 2.49. The number of benzene rings is 1. The summed E-state index contributed by atoms with van der Waals surface area (Å²) in [6.45, 7) is 4.75. The van der Waals surface area contributed by atoms with E-state index in [2.05, 4.69) is 27.8 Å². The molecule has 0 spiro atoms. The fraction of sp³-hybridized carbons (Fsp3) is 0.357. The van der Waals surface area contributed by atoms with Gasteiger partial charge in [0, 0.05) is 23.4 Å². The molecule has 0 saturated carbocycles. The van der Waals surface area contributed by atoms with Crippen molar-refractivity contribution in [1.29, 1.82) is 0 Å². The molecule has 1 aromatic heterocycles. The number of nitrogens with zero attached hydrogens (tertiary/aromatic N) is 2. The Kier molecular flexibility index (Phi) is 3.88. The quantitative estimate of drug-likeness (QED) is 0.941. The lowest BCUT2D eigenvalue weighted by Gasteiger charge is -2.24. The molecule has 1 heterocycles. The van der Waals surface area contributed by atoms with E-state index in [4.69, 9.17) is 0 Å². The average Bonchev–Trinajstić information content (AvgIpc) is 2.78. The van der Waals surface area contributed by atoms with Gasteiger partial charge in [0.25, 0.3) is 0 Å². The molecule has 0 fully saturated rings. The zero-order valence-electron chi connectivity index (χ0n) is 10.6. The van der Waals surface area contributed by atoms with Gasteiger partial charge in [-0.2, -0.15) is 0 Å². The van der Waals surface area contributed by atoms with Crippen LogP contribution in [0.1, 0.15) is 31.7 Å². The Balaban J connectivity index is 2.44. The van der Waals surface area contributed by atoms with Crippen LogP contribution in [0.4, 0.5) is 0 Å². The molecule has 96 valence electrons. The molecule has 0 aliphatic carbocycles. The molecular weight excluding hydrogens is 292 g/mol. The second-order valence-corrected chi connectivity index (χ2v) is 5.44. The monoisotopic (exact) mass is 308 g/mol. The van der Waals surface area contributed by atoms with Gasteiger partial charge in [0.2, 0.25) is 0 Å². The predicted molar refractivity (Wildman–Crippen MR) is 75.3 cm³/mol. The Hall–Kier alpha value is -1.13. The number of aryl methyl sites for hydroxylation is 1. The van der Waals surface area contributed by atoms with Crippen molar-refractivity contribution < 1.29 is 5.11 Å². The van der Waals surface area contributed by atoms with Crippen molar-refractivity contribution in [2.75, 3.05) is 0 Å². The Morgan fingerprint density at radius 2 is 2.22 bits per heavy atom. The largest absolute Gasteiger partial charge is 0.377 e. The highest BCUT2D eigenvalue weighted by Gasteiger charge is 2.30. The highest BCUT2D eigenvalue weighted by Crippen LogP contribution is 2.29. The van der Waals surface area contributed by atoms with Crippen molar-refractivity contribution >= 4 is 15.9 Å². The van der Waals surface area contributed by atoms with Gasteiger partial charge in [-0.25, -0.2) is 4.98 Å². The Morgan fingerprint density at radius 1 is 1.44 bits per heavy atom. The number of rotatable bonds is 4. The topological polar surface area (TPSA) is 38.0 Å². The van der Waals surface area contributed by atoms with Crippen LogP contribution in [-0.4, -0.2) is 14.7 Å². The number of hydrogen-bond donors (Lipinski definition) is 1. The van der Waals surface area contributed by atoms with Crippen LogP contribution < -0.4 is 0 Å². The Morgan fingerprint density at radius 3 is 2.89 bits per heavy atom. The van der Waals surface area contributed by atoms with Crippen LogP contribution in [0.15, 0.2) is 41.1 Å². The summed E-state index contributed by atoms with van der Waals surface area (Å²) < 4.78 is 2.95. The van der Waals surface area contributed by atoms with Crippen molar-refractivity contribution in [3.8, 4) is 0 Å². The first-order chi connectivity index (χ1) is 8.55. The molecule has 18 heavy (non-hydrogen) atoms. The summed E-state index contributed by atoms with van der Waals surface area (Å²) in [7, 11) is 0. The van der Waals surface area contributed by atoms with Crippen molar-refractivity contribution in [3.63, 3.8) is 0 Å². The van der Waals surface area contributed by atoms with E-state index >= 15 is 0 Å². The number of aromatic nitrogens is 2. The third-order valence-corrected chi connectivity index (χ3v) is 3.50. The van der Waals surface area contributed by atoms with Crippen LogP contribution in [0, 0.1) is 0 Å². The standard InChI is InChI=1S/C14H17BrN2O/c1-3-8-17-9-7-16-13(17)14(2,18)11-5-4-6-12(15)10-11/h4-7,9-10,18H,3,8H2,1-2H3. The molecule has 3 nitrogen and oxygen atoms in total. The number of imidazole rings is 1. The normalized spacial score (nSPS) is 14.4. The lowest BCUT2D eigenvalue weighted by Crippen LogP contribution is -2.27. The molecule has 1 atom stereocenters. The maximum Gasteiger partial charge on any atom is 0.145 e. The average molecular weight is 309 g/mol. The maximum absolute atomic E-state index is 10.8.